The SMILES string of the molecule is O=S([O-])C1CC1F.[Na+]. The third kappa shape index (κ3) is 2.11. The minimum absolute atomic E-state index is 0. The molecule has 0 aliphatic heterocycles. The van der Waals surface area contributed by atoms with Crippen LogP contribution < -0.4 is 29.6 Å². The van der Waals surface area contributed by atoms with Crippen molar-refractivity contribution < 1.29 is 42.7 Å². The molecular weight excluding hydrogens is 142 g/mol. The molecule has 1 fully saturated rings. The maximum atomic E-state index is 11.6. The third-order valence-corrected chi connectivity index (χ3v) is 1.89. The van der Waals surface area contributed by atoms with Crippen molar-refractivity contribution in [3.05, 3.63) is 0 Å². The van der Waals surface area contributed by atoms with Gasteiger partial charge in [0, 0.05) is 0 Å². The molecule has 2 nitrogen and oxygen atoms in total. The van der Waals surface area contributed by atoms with Crippen LogP contribution in [0.2, 0.25) is 0 Å². The fraction of sp³-hybridized carbons (Fsp3) is 1.00. The van der Waals surface area contributed by atoms with Crippen LogP contribution in [0.15, 0.2) is 0 Å². The molecule has 0 amide bonds. The molecule has 0 aromatic rings. The predicted molar refractivity (Wildman–Crippen MR) is 22.2 cm³/mol. The summed E-state index contributed by atoms with van der Waals surface area (Å²) in [5.41, 5.74) is 0. The van der Waals surface area contributed by atoms with Crippen molar-refractivity contribution in [2.24, 2.45) is 0 Å². The first-order valence-corrected chi connectivity index (χ1v) is 3.08. The van der Waals surface area contributed by atoms with Crippen LogP contribution in [-0.4, -0.2) is 20.2 Å². The van der Waals surface area contributed by atoms with E-state index in [1.54, 1.807) is 0 Å². The molecule has 0 spiro atoms. The summed E-state index contributed by atoms with van der Waals surface area (Å²) in [6.07, 6.45) is -0.867. The monoisotopic (exact) mass is 146 g/mol. The van der Waals surface area contributed by atoms with E-state index in [0.29, 0.717) is 0 Å². The molecule has 0 saturated heterocycles. The van der Waals surface area contributed by atoms with E-state index in [1.807, 2.05) is 0 Å². The molecule has 3 atom stereocenters. The molecule has 0 bridgehead atoms. The van der Waals surface area contributed by atoms with Crippen LogP contribution in [0.4, 0.5) is 4.39 Å². The minimum atomic E-state index is -2.16. The summed E-state index contributed by atoms with van der Waals surface area (Å²) in [5, 5.41) is -0.681. The molecule has 8 heavy (non-hydrogen) atoms. The van der Waals surface area contributed by atoms with Gasteiger partial charge in [0.1, 0.15) is 6.17 Å². The first-order valence-electron chi connectivity index (χ1n) is 1.94. The molecule has 1 saturated carbocycles. The molecular formula is C3H4FNaO2S. The summed E-state index contributed by atoms with van der Waals surface area (Å²) in [7, 11) is 0. The van der Waals surface area contributed by atoms with Crippen molar-refractivity contribution in [2.45, 2.75) is 17.8 Å². The summed E-state index contributed by atoms with van der Waals surface area (Å²) < 4.78 is 31.1. The van der Waals surface area contributed by atoms with Gasteiger partial charge >= 0.3 is 29.6 Å². The zero-order valence-corrected chi connectivity index (χ0v) is 7.28. The Bertz CT molecular complexity index is 109. The first kappa shape index (κ1) is 9.04. The number of hydrogen-bond acceptors (Lipinski definition) is 2. The molecule has 1 aliphatic rings. The maximum absolute atomic E-state index is 11.6. The van der Waals surface area contributed by atoms with Gasteiger partial charge in [0.2, 0.25) is 0 Å². The van der Waals surface area contributed by atoms with E-state index < -0.39 is 22.5 Å². The molecule has 1 rings (SSSR count). The van der Waals surface area contributed by atoms with Gasteiger partial charge in [0.15, 0.2) is 0 Å². The predicted octanol–water partition coefficient (Wildman–Crippen LogP) is -3.02. The molecule has 0 aromatic heterocycles. The van der Waals surface area contributed by atoms with Gasteiger partial charge in [-0.3, -0.25) is 4.21 Å². The maximum Gasteiger partial charge on any atom is 1.00 e. The second-order valence-corrected chi connectivity index (χ2v) is 2.68. The molecule has 5 heteroatoms. The number of alkyl halides is 1. The summed E-state index contributed by atoms with van der Waals surface area (Å²) in [4.78, 5) is 0. The average molecular weight is 146 g/mol. The molecule has 3 unspecified atom stereocenters. The van der Waals surface area contributed by atoms with E-state index in [2.05, 4.69) is 0 Å². The average Bonchev–Trinajstić information content (AvgIpc) is 2.17. The number of rotatable bonds is 1. The van der Waals surface area contributed by atoms with E-state index in [9.17, 15) is 13.2 Å². The van der Waals surface area contributed by atoms with Gasteiger partial charge in [-0.2, -0.15) is 0 Å². The summed E-state index contributed by atoms with van der Waals surface area (Å²) in [5.74, 6) is 0. The van der Waals surface area contributed by atoms with Crippen molar-refractivity contribution in [3.63, 3.8) is 0 Å². The Labute approximate surface area is 71.4 Å². The molecule has 0 N–H and O–H groups in total. The third-order valence-electron chi connectivity index (χ3n) is 0.905. The quantitative estimate of drug-likeness (QED) is 0.292. The Morgan fingerprint density at radius 3 is 2.12 bits per heavy atom. The Hall–Kier alpha value is 1.04. The van der Waals surface area contributed by atoms with Crippen molar-refractivity contribution in [1.82, 2.24) is 0 Å². The first-order chi connectivity index (χ1) is 3.22. The molecule has 0 heterocycles. The fourth-order valence-electron chi connectivity index (χ4n) is 0.342. The number of halogens is 1. The zero-order chi connectivity index (χ0) is 5.44. The minimum Gasteiger partial charge on any atom is -0.772 e. The normalized spacial score (nSPS) is 37.8. The summed E-state index contributed by atoms with van der Waals surface area (Å²) >= 11 is -2.16. The van der Waals surface area contributed by atoms with E-state index in [4.69, 9.17) is 0 Å². The topological polar surface area (TPSA) is 40.1 Å². The Morgan fingerprint density at radius 2 is 2.12 bits per heavy atom. The van der Waals surface area contributed by atoms with Gasteiger partial charge < -0.3 is 4.55 Å². The second-order valence-electron chi connectivity index (χ2n) is 1.55. The Balaban J connectivity index is 0.000000490. The van der Waals surface area contributed by atoms with E-state index in [-0.39, 0.29) is 36.0 Å². The van der Waals surface area contributed by atoms with Crippen molar-refractivity contribution in [2.75, 3.05) is 0 Å². The van der Waals surface area contributed by atoms with Gasteiger partial charge in [-0.15, -0.1) is 0 Å². The van der Waals surface area contributed by atoms with E-state index in [0.717, 1.165) is 0 Å². The van der Waals surface area contributed by atoms with Crippen LogP contribution in [0.1, 0.15) is 6.42 Å². The number of hydrogen-bond donors (Lipinski definition) is 0. The van der Waals surface area contributed by atoms with Crippen molar-refractivity contribution in [3.8, 4) is 0 Å². The van der Waals surface area contributed by atoms with Gasteiger partial charge in [-0.05, 0) is 17.5 Å². The molecule has 0 radical (unpaired) electrons. The molecule has 42 valence electrons. The van der Waals surface area contributed by atoms with E-state index in [1.165, 1.54) is 0 Å². The van der Waals surface area contributed by atoms with Crippen LogP contribution in [0.25, 0.3) is 0 Å². The summed E-state index contributed by atoms with van der Waals surface area (Å²) in [6.45, 7) is 0. The Morgan fingerprint density at radius 1 is 1.75 bits per heavy atom. The van der Waals surface area contributed by atoms with E-state index >= 15 is 0 Å². The second kappa shape index (κ2) is 3.27. The summed E-state index contributed by atoms with van der Waals surface area (Å²) in [6, 6.07) is 0. The van der Waals surface area contributed by atoms with Gasteiger partial charge in [-0.25, -0.2) is 4.39 Å². The van der Waals surface area contributed by atoms with Crippen molar-refractivity contribution >= 4 is 11.1 Å². The smallest absolute Gasteiger partial charge is 0.772 e. The largest absolute Gasteiger partial charge is 1.00 e. The van der Waals surface area contributed by atoms with Crippen LogP contribution in [0.3, 0.4) is 0 Å². The van der Waals surface area contributed by atoms with Crippen LogP contribution in [-0.2, 0) is 11.1 Å². The van der Waals surface area contributed by atoms with Gasteiger partial charge in [0.25, 0.3) is 0 Å². The Kier molecular flexibility index (Phi) is 3.69. The van der Waals surface area contributed by atoms with Crippen molar-refractivity contribution in [1.29, 1.82) is 0 Å². The zero-order valence-electron chi connectivity index (χ0n) is 4.46. The molecule has 0 aromatic carbocycles. The fourth-order valence-corrected chi connectivity index (χ4v) is 0.925. The van der Waals surface area contributed by atoms with Gasteiger partial charge in [0.05, 0.1) is 5.25 Å². The molecule has 1 aliphatic carbocycles. The van der Waals surface area contributed by atoms with Crippen LogP contribution >= 0.6 is 0 Å². The van der Waals surface area contributed by atoms with Crippen LogP contribution in [0.5, 0.6) is 0 Å². The standard InChI is InChI=1S/C3H5FO2S.Na/c4-2-1-3(2)7(5)6;/h2-3H,1H2,(H,5,6);/q;+1/p-1. The van der Waals surface area contributed by atoms with Crippen LogP contribution in [0, 0.1) is 0 Å². The van der Waals surface area contributed by atoms with Gasteiger partial charge in [-0.1, -0.05) is 0 Å².